The van der Waals surface area contributed by atoms with Gasteiger partial charge in [-0.1, -0.05) is 12.1 Å². The fourth-order valence-electron chi connectivity index (χ4n) is 1.11. The Morgan fingerprint density at radius 2 is 2.00 bits per heavy atom. The number of primary amides is 1. The molecule has 14 heavy (non-hydrogen) atoms. The van der Waals surface area contributed by atoms with Crippen molar-refractivity contribution in [3.8, 4) is 5.75 Å². The normalized spacial score (nSPS) is 12.4. The van der Waals surface area contributed by atoms with Crippen LogP contribution in [0.1, 0.15) is 5.56 Å². The maximum atomic E-state index is 10.8. The lowest BCUT2D eigenvalue weighted by atomic mass is 10.1. The third kappa shape index (κ3) is 2.72. The topological polar surface area (TPSA) is 101 Å². The number of amides is 1. The second-order valence-corrected chi connectivity index (χ2v) is 2.99. The Morgan fingerprint density at radius 3 is 2.43 bits per heavy atom. The molecule has 0 bridgehead atoms. The number of aromatic hydroxyl groups is 1. The van der Waals surface area contributed by atoms with Gasteiger partial charge in [0.1, 0.15) is 11.8 Å². The SMILES string of the molecule is NN[C@@H](Cc1ccc(O)cc1)C(N)=O. The summed E-state index contributed by atoms with van der Waals surface area (Å²) in [6.07, 6.45) is 0.409. The summed E-state index contributed by atoms with van der Waals surface area (Å²) in [7, 11) is 0. The van der Waals surface area contributed by atoms with Crippen LogP contribution < -0.4 is 17.0 Å². The largest absolute Gasteiger partial charge is 0.508 e. The number of hydrogen-bond acceptors (Lipinski definition) is 4. The van der Waals surface area contributed by atoms with Crippen LogP contribution >= 0.6 is 0 Å². The van der Waals surface area contributed by atoms with Crippen LogP contribution in [0.5, 0.6) is 5.75 Å². The van der Waals surface area contributed by atoms with Gasteiger partial charge in [0.05, 0.1) is 0 Å². The number of carbonyl (C=O) groups is 1. The third-order valence-electron chi connectivity index (χ3n) is 1.92. The average molecular weight is 195 g/mol. The predicted octanol–water partition coefficient (Wildman–Crippen LogP) is -0.748. The third-order valence-corrected chi connectivity index (χ3v) is 1.92. The van der Waals surface area contributed by atoms with Gasteiger partial charge in [0.15, 0.2) is 0 Å². The molecule has 76 valence electrons. The van der Waals surface area contributed by atoms with Crippen molar-refractivity contribution in [1.29, 1.82) is 0 Å². The number of phenolic OH excluding ortho intramolecular Hbond substituents is 1. The highest BCUT2D eigenvalue weighted by Gasteiger charge is 2.13. The molecule has 0 aromatic heterocycles. The van der Waals surface area contributed by atoms with Crippen LogP contribution in [0.25, 0.3) is 0 Å². The van der Waals surface area contributed by atoms with E-state index >= 15 is 0 Å². The summed E-state index contributed by atoms with van der Waals surface area (Å²) in [5, 5.41) is 9.03. The molecule has 1 atom stereocenters. The predicted molar refractivity (Wildman–Crippen MR) is 52.1 cm³/mol. The molecule has 0 spiro atoms. The number of phenols is 1. The molecule has 5 heteroatoms. The van der Waals surface area contributed by atoms with Gasteiger partial charge in [-0.25, -0.2) is 5.43 Å². The van der Waals surface area contributed by atoms with Crippen LogP contribution in [-0.2, 0) is 11.2 Å². The molecular weight excluding hydrogens is 182 g/mol. The molecule has 0 aliphatic rings. The van der Waals surface area contributed by atoms with Crippen LogP contribution in [0.4, 0.5) is 0 Å². The molecule has 0 fully saturated rings. The smallest absolute Gasteiger partial charge is 0.236 e. The zero-order chi connectivity index (χ0) is 10.6. The van der Waals surface area contributed by atoms with Gasteiger partial charge in [-0.05, 0) is 24.1 Å². The lowest BCUT2D eigenvalue weighted by molar-refractivity contribution is -0.120. The fraction of sp³-hybridized carbons (Fsp3) is 0.222. The Kier molecular flexibility index (Phi) is 3.44. The first-order valence-corrected chi connectivity index (χ1v) is 4.17. The van der Waals surface area contributed by atoms with Gasteiger partial charge in [0.25, 0.3) is 0 Å². The number of hydrazine groups is 1. The summed E-state index contributed by atoms with van der Waals surface area (Å²) in [5.74, 6) is 4.84. The van der Waals surface area contributed by atoms with Crippen molar-refractivity contribution in [2.24, 2.45) is 11.6 Å². The second kappa shape index (κ2) is 4.59. The molecular formula is C9H13N3O2. The number of benzene rings is 1. The molecule has 0 saturated carbocycles. The van der Waals surface area contributed by atoms with Gasteiger partial charge >= 0.3 is 0 Å². The lowest BCUT2D eigenvalue weighted by Gasteiger charge is -2.11. The first-order chi connectivity index (χ1) is 6.63. The highest BCUT2D eigenvalue weighted by Crippen LogP contribution is 2.10. The first-order valence-electron chi connectivity index (χ1n) is 4.17. The molecule has 0 saturated heterocycles. The molecule has 1 aromatic rings. The number of carbonyl (C=O) groups excluding carboxylic acids is 1. The van der Waals surface area contributed by atoms with Gasteiger partial charge in [-0.3, -0.25) is 10.6 Å². The summed E-state index contributed by atoms with van der Waals surface area (Å²) < 4.78 is 0. The van der Waals surface area contributed by atoms with Crippen molar-refractivity contribution in [3.63, 3.8) is 0 Å². The minimum Gasteiger partial charge on any atom is -0.508 e. The number of hydrogen-bond donors (Lipinski definition) is 4. The van der Waals surface area contributed by atoms with Crippen molar-refractivity contribution in [2.45, 2.75) is 12.5 Å². The maximum absolute atomic E-state index is 10.8. The average Bonchev–Trinajstić information content (AvgIpc) is 2.16. The standard InChI is InChI=1S/C9H13N3O2/c10-9(14)8(12-11)5-6-1-3-7(13)4-2-6/h1-4,8,12-13H,5,11H2,(H2,10,14)/t8-/m0/s1. The number of rotatable bonds is 4. The van der Waals surface area contributed by atoms with Crippen LogP contribution in [-0.4, -0.2) is 17.1 Å². The van der Waals surface area contributed by atoms with Crippen LogP contribution in [0.15, 0.2) is 24.3 Å². The van der Waals surface area contributed by atoms with E-state index in [0.29, 0.717) is 6.42 Å². The van der Waals surface area contributed by atoms with Crippen LogP contribution in [0.3, 0.4) is 0 Å². The quantitative estimate of drug-likeness (QED) is 0.375. The van der Waals surface area contributed by atoms with Crippen LogP contribution in [0, 0.1) is 0 Å². The summed E-state index contributed by atoms with van der Waals surface area (Å²) in [5.41, 5.74) is 8.30. The molecule has 6 N–H and O–H groups in total. The summed E-state index contributed by atoms with van der Waals surface area (Å²) in [6.45, 7) is 0. The van der Waals surface area contributed by atoms with Gasteiger partial charge in [-0.2, -0.15) is 0 Å². The fourth-order valence-corrected chi connectivity index (χ4v) is 1.11. The van der Waals surface area contributed by atoms with Crippen molar-refractivity contribution < 1.29 is 9.90 Å². The molecule has 0 unspecified atom stereocenters. The molecule has 1 amide bonds. The second-order valence-electron chi connectivity index (χ2n) is 2.99. The van der Waals surface area contributed by atoms with E-state index in [2.05, 4.69) is 5.43 Å². The lowest BCUT2D eigenvalue weighted by Crippen LogP contribution is -2.46. The first kappa shape index (κ1) is 10.5. The Labute approximate surface area is 81.7 Å². The minimum atomic E-state index is -0.584. The molecule has 1 rings (SSSR count). The number of nitrogens with two attached hydrogens (primary N) is 2. The number of nitrogens with one attached hydrogen (secondary N) is 1. The zero-order valence-electron chi connectivity index (χ0n) is 7.60. The van der Waals surface area contributed by atoms with Crippen molar-refractivity contribution in [1.82, 2.24) is 5.43 Å². The Morgan fingerprint density at radius 1 is 1.43 bits per heavy atom. The molecule has 0 radical (unpaired) electrons. The van der Waals surface area contributed by atoms with E-state index in [0.717, 1.165) is 5.56 Å². The van der Waals surface area contributed by atoms with E-state index in [-0.39, 0.29) is 5.75 Å². The Balaban J connectivity index is 2.67. The van der Waals surface area contributed by atoms with E-state index in [9.17, 15) is 4.79 Å². The van der Waals surface area contributed by atoms with Gasteiger partial charge < -0.3 is 10.8 Å². The Bertz CT molecular complexity index is 310. The molecule has 5 nitrogen and oxygen atoms in total. The van der Waals surface area contributed by atoms with Gasteiger partial charge in [-0.15, -0.1) is 0 Å². The minimum absolute atomic E-state index is 0.185. The molecule has 1 aromatic carbocycles. The summed E-state index contributed by atoms with van der Waals surface area (Å²) in [4.78, 5) is 10.8. The van der Waals surface area contributed by atoms with Crippen molar-refractivity contribution in [3.05, 3.63) is 29.8 Å². The van der Waals surface area contributed by atoms with E-state index in [1.54, 1.807) is 24.3 Å². The molecule has 0 heterocycles. The monoisotopic (exact) mass is 195 g/mol. The van der Waals surface area contributed by atoms with Gasteiger partial charge in [0, 0.05) is 0 Å². The van der Waals surface area contributed by atoms with Gasteiger partial charge in [0.2, 0.25) is 5.91 Å². The highest BCUT2D eigenvalue weighted by atomic mass is 16.3. The van der Waals surface area contributed by atoms with E-state index in [1.807, 2.05) is 0 Å². The van der Waals surface area contributed by atoms with Crippen molar-refractivity contribution >= 4 is 5.91 Å². The maximum Gasteiger partial charge on any atom is 0.236 e. The highest BCUT2D eigenvalue weighted by molar-refractivity contribution is 5.80. The van der Waals surface area contributed by atoms with E-state index in [4.69, 9.17) is 16.7 Å². The molecule has 0 aliphatic heterocycles. The van der Waals surface area contributed by atoms with E-state index in [1.165, 1.54) is 0 Å². The summed E-state index contributed by atoms with van der Waals surface area (Å²) in [6, 6.07) is 5.93. The zero-order valence-corrected chi connectivity index (χ0v) is 7.60. The van der Waals surface area contributed by atoms with E-state index < -0.39 is 11.9 Å². The van der Waals surface area contributed by atoms with Crippen LogP contribution in [0.2, 0.25) is 0 Å². The Hall–Kier alpha value is -1.59. The summed E-state index contributed by atoms with van der Waals surface area (Å²) >= 11 is 0. The van der Waals surface area contributed by atoms with Crippen molar-refractivity contribution in [2.75, 3.05) is 0 Å². The molecule has 0 aliphatic carbocycles.